The number of aryl methyl sites for hydroxylation is 1. The maximum Gasteiger partial charge on any atom is 0.159 e. The largest absolute Gasteiger partial charge is 0.485 e. The average Bonchev–Trinajstić information content (AvgIpc) is 2.29. The highest BCUT2D eigenvalue weighted by Crippen LogP contribution is 2.22. The molecular formula is C14H25N3O. The summed E-state index contributed by atoms with van der Waals surface area (Å²) < 4.78 is 5.90. The van der Waals surface area contributed by atoms with Crippen LogP contribution in [0.25, 0.3) is 0 Å². The zero-order chi connectivity index (χ0) is 13.6. The van der Waals surface area contributed by atoms with Gasteiger partial charge in [-0.25, -0.2) is 9.97 Å². The molecule has 0 atom stereocenters. The van der Waals surface area contributed by atoms with Crippen molar-refractivity contribution in [3.05, 3.63) is 17.7 Å². The third-order valence-electron chi connectivity index (χ3n) is 2.50. The van der Waals surface area contributed by atoms with E-state index in [0.29, 0.717) is 12.4 Å². The normalized spacial score (nSPS) is 11.6. The molecule has 1 aromatic rings. The first kappa shape index (κ1) is 14.9. The van der Waals surface area contributed by atoms with Crippen molar-refractivity contribution in [2.75, 3.05) is 0 Å². The Morgan fingerprint density at radius 3 is 2.56 bits per heavy atom. The van der Waals surface area contributed by atoms with E-state index < -0.39 is 0 Å². The molecule has 0 aromatic carbocycles. The summed E-state index contributed by atoms with van der Waals surface area (Å²) in [7, 11) is 0. The van der Waals surface area contributed by atoms with Crippen LogP contribution in [0.2, 0.25) is 0 Å². The van der Waals surface area contributed by atoms with Gasteiger partial charge in [0.15, 0.2) is 5.75 Å². The van der Waals surface area contributed by atoms with Crippen molar-refractivity contribution in [1.29, 1.82) is 0 Å². The third kappa shape index (κ3) is 5.00. The van der Waals surface area contributed by atoms with Crippen molar-refractivity contribution >= 4 is 0 Å². The zero-order valence-corrected chi connectivity index (χ0v) is 12.0. The Hall–Kier alpha value is -1.16. The van der Waals surface area contributed by atoms with E-state index in [0.717, 1.165) is 24.3 Å². The molecule has 0 saturated carbocycles. The Kier molecular flexibility index (Phi) is 5.54. The molecule has 1 rings (SSSR count). The third-order valence-corrected chi connectivity index (χ3v) is 2.50. The van der Waals surface area contributed by atoms with E-state index in [2.05, 4.69) is 16.9 Å². The fraction of sp³-hybridized carbons (Fsp3) is 0.714. The first-order valence-electron chi connectivity index (χ1n) is 6.70. The van der Waals surface area contributed by atoms with Gasteiger partial charge in [0.2, 0.25) is 0 Å². The van der Waals surface area contributed by atoms with Crippen LogP contribution >= 0.6 is 0 Å². The van der Waals surface area contributed by atoms with Gasteiger partial charge in [-0.2, -0.15) is 0 Å². The van der Waals surface area contributed by atoms with Crippen LogP contribution in [0.15, 0.2) is 6.20 Å². The van der Waals surface area contributed by atoms with E-state index in [1.165, 1.54) is 12.8 Å². The molecule has 4 nitrogen and oxygen atoms in total. The minimum absolute atomic E-state index is 0.229. The highest BCUT2D eigenvalue weighted by molar-refractivity contribution is 5.25. The quantitative estimate of drug-likeness (QED) is 0.790. The van der Waals surface area contributed by atoms with Crippen LogP contribution < -0.4 is 10.5 Å². The smallest absolute Gasteiger partial charge is 0.159 e. The molecule has 0 radical (unpaired) electrons. The van der Waals surface area contributed by atoms with Gasteiger partial charge in [0.05, 0.1) is 18.4 Å². The Morgan fingerprint density at radius 1 is 1.28 bits per heavy atom. The molecule has 0 saturated heterocycles. The minimum atomic E-state index is -0.229. The molecule has 4 heteroatoms. The van der Waals surface area contributed by atoms with Gasteiger partial charge >= 0.3 is 0 Å². The van der Waals surface area contributed by atoms with Gasteiger partial charge < -0.3 is 10.5 Å². The first-order chi connectivity index (χ1) is 8.46. The second kappa shape index (κ2) is 6.69. The van der Waals surface area contributed by atoms with Gasteiger partial charge in [0.25, 0.3) is 0 Å². The highest BCUT2D eigenvalue weighted by atomic mass is 16.5. The lowest BCUT2D eigenvalue weighted by Gasteiger charge is -2.22. The molecule has 18 heavy (non-hydrogen) atoms. The Bertz CT molecular complexity index is 372. The van der Waals surface area contributed by atoms with Crippen LogP contribution in [-0.4, -0.2) is 15.6 Å². The zero-order valence-electron chi connectivity index (χ0n) is 12.0. The molecule has 0 aliphatic heterocycles. The molecule has 102 valence electrons. The molecule has 2 N–H and O–H groups in total. The van der Waals surface area contributed by atoms with E-state index in [9.17, 15) is 0 Å². The molecule has 0 unspecified atom stereocenters. The molecule has 0 amide bonds. The van der Waals surface area contributed by atoms with Gasteiger partial charge in [-0.05, 0) is 33.6 Å². The summed E-state index contributed by atoms with van der Waals surface area (Å²) >= 11 is 0. The summed E-state index contributed by atoms with van der Waals surface area (Å²) in [6.45, 7) is 8.65. The molecule has 0 spiro atoms. The van der Waals surface area contributed by atoms with E-state index in [1.54, 1.807) is 6.20 Å². The van der Waals surface area contributed by atoms with Gasteiger partial charge in [0.1, 0.15) is 11.4 Å². The van der Waals surface area contributed by atoms with E-state index in [-0.39, 0.29) is 5.60 Å². The summed E-state index contributed by atoms with van der Waals surface area (Å²) in [6, 6.07) is 0. The van der Waals surface area contributed by atoms with Crippen LogP contribution in [0, 0.1) is 0 Å². The van der Waals surface area contributed by atoms with Crippen molar-refractivity contribution in [2.45, 2.75) is 65.5 Å². The fourth-order valence-corrected chi connectivity index (χ4v) is 1.68. The minimum Gasteiger partial charge on any atom is -0.485 e. The monoisotopic (exact) mass is 251 g/mol. The maximum absolute atomic E-state index is 5.90. The van der Waals surface area contributed by atoms with E-state index in [1.807, 2.05) is 20.8 Å². The summed E-state index contributed by atoms with van der Waals surface area (Å²) in [5.41, 5.74) is 6.34. The second-order valence-electron chi connectivity index (χ2n) is 5.47. The van der Waals surface area contributed by atoms with Gasteiger partial charge in [0, 0.05) is 0 Å². The summed E-state index contributed by atoms with van der Waals surface area (Å²) in [4.78, 5) is 8.70. The first-order valence-corrected chi connectivity index (χ1v) is 6.70. The predicted molar refractivity (Wildman–Crippen MR) is 73.5 cm³/mol. The van der Waals surface area contributed by atoms with Crippen LogP contribution in [0.4, 0.5) is 0 Å². The number of ether oxygens (including phenoxy) is 1. The number of aromatic nitrogens is 2. The molecular weight excluding hydrogens is 226 g/mol. The van der Waals surface area contributed by atoms with Gasteiger partial charge in [-0.3, -0.25) is 0 Å². The second-order valence-corrected chi connectivity index (χ2v) is 5.47. The Labute approximate surface area is 110 Å². The van der Waals surface area contributed by atoms with Crippen molar-refractivity contribution in [3.8, 4) is 5.75 Å². The van der Waals surface area contributed by atoms with E-state index >= 15 is 0 Å². The van der Waals surface area contributed by atoms with Crippen molar-refractivity contribution in [2.24, 2.45) is 5.73 Å². The predicted octanol–water partition coefficient (Wildman–Crippen LogP) is 2.85. The lowest BCUT2D eigenvalue weighted by molar-refractivity contribution is 0.127. The van der Waals surface area contributed by atoms with Crippen molar-refractivity contribution in [1.82, 2.24) is 9.97 Å². The van der Waals surface area contributed by atoms with Gasteiger partial charge in [-0.15, -0.1) is 0 Å². The van der Waals surface area contributed by atoms with Crippen molar-refractivity contribution in [3.63, 3.8) is 0 Å². The lowest BCUT2D eigenvalue weighted by atomic mass is 10.1. The number of unbranched alkanes of at least 4 members (excludes halogenated alkanes) is 2. The summed E-state index contributed by atoms with van der Waals surface area (Å²) in [6.07, 6.45) is 6.20. The highest BCUT2D eigenvalue weighted by Gasteiger charge is 2.16. The molecule has 0 fully saturated rings. The summed E-state index contributed by atoms with van der Waals surface area (Å²) in [5, 5.41) is 0. The standard InChI is InChI=1S/C14H25N3O/c1-5-6-7-8-11-12(18-14(2,3)4)10-16-13(9-15)17-11/h10H,5-9,15H2,1-4H3. The number of nitrogens with two attached hydrogens (primary N) is 1. The molecule has 1 heterocycles. The Morgan fingerprint density at radius 2 is 2.00 bits per heavy atom. The number of rotatable bonds is 6. The van der Waals surface area contributed by atoms with Crippen LogP contribution in [0.1, 0.15) is 58.5 Å². The SMILES string of the molecule is CCCCCc1nc(CN)ncc1OC(C)(C)C. The lowest BCUT2D eigenvalue weighted by Crippen LogP contribution is -2.24. The topological polar surface area (TPSA) is 61.0 Å². The summed E-state index contributed by atoms with van der Waals surface area (Å²) in [5.74, 6) is 1.47. The van der Waals surface area contributed by atoms with Crippen LogP contribution in [-0.2, 0) is 13.0 Å². The van der Waals surface area contributed by atoms with E-state index in [4.69, 9.17) is 10.5 Å². The number of nitrogens with zero attached hydrogens (tertiary/aromatic N) is 2. The Balaban J connectivity index is 2.86. The molecule has 0 aliphatic rings. The number of hydrogen-bond acceptors (Lipinski definition) is 4. The molecule has 0 bridgehead atoms. The molecule has 1 aromatic heterocycles. The van der Waals surface area contributed by atoms with Crippen LogP contribution in [0.3, 0.4) is 0 Å². The average molecular weight is 251 g/mol. The van der Waals surface area contributed by atoms with Crippen molar-refractivity contribution < 1.29 is 4.74 Å². The van der Waals surface area contributed by atoms with Gasteiger partial charge in [-0.1, -0.05) is 19.8 Å². The number of hydrogen-bond donors (Lipinski definition) is 1. The van der Waals surface area contributed by atoms with Crippen LogP contribution in [0.5, 0.6) is 5.75 Å². The maximum atomic E-state index is 5.90. The molecule has 0 aliphatic carbocycles. The fourth-order valence-electron chi connectivity index (χ4n) is 1.68.